The average Bonchev–Trinajstić information content (AvgIpc) is 2.73. The minimum atomic E-state index is -0.212. The van der Waals surface area contributed by atoms with Crippen LogP contribution >= 0.6 is 0 Å². The smallest absolute Gasteiger partial charge is 0.0928 e. The third kappa shape index (κ3) is 6.19. The number of hydrogen-bond donors (Lipinski definition) is 0. The van der Waals surface area contributed by atoms with Crippen LogP contribution in [0, 0.1) is 17.8 Å². The predicted molar refractivity (Wildman–Crippen MR) is 115 cm³/mol. The van der Waals surface area contributed by atoms with Crippen LogP contribution in [-0.2, 0) is 6.42 Å². The highest BCUT2D eigenvalue weighted by atomic mass is 19.1. The fourth-order valence-electron chi connectivity index (χ4n) is 5.42. The number of benzene rings is 1. The zero-order valence-electron chi connectivity index (χ0n) is 17.3. The molecule has 0 aliphatic heterocycles. The van der Waals surface area contributed by atoms with E-state index < -0.39 is 0 Å². The first-order valence-electron chi connectivity index (χ1n) is 11.6. The molecule has 0 heterocycles. The summed E-state index contributed by atoms with van der Waals surface area (Å²) >= 11 is 0. The Balaban J connectivity index is 1.41. The van der Waals surface area contributed by atoms with Crippen LogP contribution in [0.15, 0.2) is 36.4 Å². The molecule has 3 rings (SSSR count). The van der Waals surface area contributed by atoms with Crippen molar-refractivity contribution in [1.82, 2.24) is 0 Å². The van der Waals surface area contributed by atoms with Crippen molar-refractivity contribution in [2.24, 2.45) is 17.8 Å². The van der Waals surface area contributed by atoms with Gasteiger partial charge in [-0.15, -0.1) is 0 Å². The zero-order chi connectivity index (χ0) is 18.9. The van der Waals surface area contributed by atoms with Crippen LogP contribution < -0.4 is 0 Å². The molecule has 0 aromatic heterocycles. The molecule has 0 atom stereocenters. The van der Waals surface area contributed by atoms with E-state index in [1.54, 1.807) is 5.56 Å². The minimum Gasteiger partial charge on any atom is -0.251 e. The summed E-state index contributed by atoms with van der Waals surface area (Å²) in [4.78, 5) is 0. The van der Waals surface area contributed by atoms with Crippen LogP contribution in [0.4, 0.5) is 4.39 Å². The summed E-state index contributed by atoms with van der Waals surface area (Å²) < 4.78 is 12.2. The Morgan fingerprint density at radius 3 is 2.11 bits per heavy atom. The number of hydrogen-bond acceptors (Lipinski definition) is 0. The first kappa shape index (κ1) is 20.6. The van der Waals surface area contributed by atoms with Gasteiger partial charge in [0.15, 0.2) is 0 Å². The number of halogens is 1. The first-order valence-corrected chi connectivity index (χ1v) is 11.6. The van der Waals surface area contributed by atoms with Gasteiger partial charge < -0.3 is 0 Å². The maximum absolute atomic E-state index is 12.2. The minimum absolute atomic E-state index is 0.212. The maximum atomic E-state index is 12.2. The summed E-state index contributed by atoms with van der Waals surface area (Å²) in [5.41, 5.74) is 3.09. The summed E-state index contributed by atoms with van der Waals surface area (Å²) in [5, 5.41) is 0. The van der Waals surface area contributed by atoms with Gasteiger partial charge in [0, 0.05) is 0 Å². The van der Waals surface area contributed by atoms with Crippen molar-refractivity contribution in [3.8, 4) is 0 Å². The molecule has 0 saturated heterocycles. The Morgan fingerprint density at radius 2 is 1.52 bits per heavy atom. The Kier molecular flexibility index (Phi) is 8.42. The summed E-state index contributed by atoms with van der Waals surface area (Å²) in [7, 11) is 0. The molecule has 1 heteroatoms. The summed E-state index contributed by atoms with van der Waals surface area (Å²) in [6.07, 6.45) is 19.8. The monoisotopic (exact) mass is 370 g/mol. The van der Waals surface area contributed by atoms with E-state index in [9.17, 15) is 4.39 Å². The lowest BCUT2D eigenvalue weighted by atomic mass is 9.68. The highest BCUT2D eigenvalue weighted by molar-refractivity contribution is 5.26. The van der Waals surface area contributed by atoms with E-state index in [0.29, 0.717) is 6.42 Å². The van der Waals surface area contributed by atoms with Gasteiger partial charge >= 0.3 is 0 Å². The molecule has 0 unspecified atom stereocenters. The Morgan fingerprint density at radius 1 is 0.889 bits per heavy atom. The molecule has 0 amide bonds. The quantitative estimate of drug-likeness (QED) is 0.406. The van der Waals surface area contributed by atoms with Gasteiger partial charge in [0.2, 0.25) is 0 Å². The number of unbranched alkanes of at least 4 members (excludes halogenated alkanes) is 1. The molecule has 0 radical (unpaired) electrons. The predicted octanol–water partition coefficient (Wildman–Crippen LogP) is 8.03. The Bertz CT molecular complexity index is 542. The van der Waals surface area contributed by atoms with Gasteiger partial charge in [0.1, 0.15) is 0 Å². The first-order chi connectivity index (χ1) is 13.3. The van der Waals surface area contributed by atoms with Gasteiger partial charge in [-0.05, 0) is 105 Å². The lowest BCUT2D eigenvalue weighted by Gasteiger charge is -2.37. The summed E-state index contributed by atoms with van der Waals surface area (Å²) in [5.74, 6) is 3.42. The fourth-order valence-corrected chi connectivity index (χ4v) is 5.42. The highest BCUT2D eigenvalue weighted by Gasteiger charge is 2.30. The van der Waals surface area contributed by atoms with E-state index in [1.807, 2.05) is 0 Å². The molecular weight excluding hydrogens is 331 g/mol. The van der Waals surface area contributed by atoms with Crippen molar-refractivity contribution >= 4 is 0 Å². The van der Waals surface area contributed by atoms with Crippen LogP contribution in [0.2, 0.25) is 0 Å². The van der Waals surface area contributed by atoms with E-state index in [2.05, 4.69) is 43.3 Å². The van der Waals surface area contributed by atoms with Gasteiger partial charge in [-0.2, -0.15) is 0 Å². The molecule has 0 bridgehead atoms. The molecule has 27 heavy (non-hydrogen) atoms. The van der Waals surface area contributed by atoms with Gasteiger partial charge in [-0.1, -0.05) is 49.8 Å². The molecule has 0 N–H and O–H groups in total. The molecule has 2 aliphatic rings. The second kappa shape index (κ2) is 11.0. The summed E-state index contributed by atoms with van der Waals surface area (Å²) in [6.45, 7) is 2.05. The van der Waals surface area contributed by atoms with Crippen molar-refractivity contribution in [3.05, 3.63) is 47.5 Å². The van der Waals surface area contributed by atoms with Crippen molar-refractivity contribution < 1.29 is 4.39 Å². The summed E-state index contributed by atoms with van der Waals surface area (Å²) in [6, 6.07) is 9.56. The topological polar surface area (TPSA) is 0 Å². The molecule has 1 aromatic rings. The molecule has 2 saturated carbocycles. The standard InChI is InChI=1S/C26H39F/c1-2-3-6-21-8-12-23(13-9-21)25-16-18-26(19-17-25)24-14-10-22(11-15-24)7-4-5-20-27/h4,7-9,12-13,22,24-26H,2-3,5-6,10-11,14-20H2,1H3/t22-,24-,25-,26-. The number of allylic oxidation sites excluding steroid dienone is 2. The van der Waals surface area contributed by atoms with Crippen LogP contribution in [0.25, 0.3) is 0 Å². The molecule has 1 aromatic carbocycles. The van der Waals surface area contributed by atoms with Gasteiger partial charge in [0.05, 0.1) is 6.67 Å². The van der Waals surface area contributed by atoms with Crippen molar-refractivity contribution in [1.29, 1.82) is 0 Å². The lowest BCUT2D eigenvalue weighted by Crippen LogP contribution is -2.25. The van der Waals surface area contributed by atoms with E-state index >= 15 is 0 Å². The second-order valence-corrected chi connectivity index (χ2v) is 9.04. The maximum Gasteiger partial charge on any atom is 0.0928 e. The Labute approximate surface area is 166 Å². The van der Waals surface area contributed by atoms with Crippen LogP contribution in [0.1, 0.15) is 94.6 Å². The molecule has 150 valence electrons. The second-order valence-electron chi connectivity index (χ2n) is 9.04. The van der Waals surface area contributed by atoms with Crippen molar-refractivity contribution in [3.63, 3.8) is 0 Å². The van der Waals surface area contributed by atoms with Crippen LogP contribution in [0.3, 0.4) is 0 Å². The zero-order valence-corrected chi connectivity index (χ0v) is 17.3. The van der Waals surface area contributed by atoms with Gasteiger partial charge in [0.25, 0.3) is 0 Å². The third-order valence-corrected chi connectivity index (χ3v) is 7.21. The third-order valence-electron chi connectivity index (χ3n) is 7.21. The van der Waals surface area contributed by atoms with Gasteiger partial charge in [-0.3, -0.25) is 4.39 Å². The van der Waals surface area contributed by atoms with E-state index in [0.717, 1.165) is 23.7 Å². The van der Waals surface area contributed by atoms with Crippen molar-refractivity contribution in [2.75, 3.05) is 6.67 Å². The normalized spacial score (nSPS) is 29.3. The largest absolute Gasteiger partial charge is 0.251 e. The Hall–Kier alpha value is -1.11. The molecule has 0 spiro atoms. The number of aryl methyl sites for hydroxylation is 1. The van der Waals surface area contributed by atoms with E-state index in [1.165, 1.54) is 76.2 Å². The highest BCUT2D eigenvalue weighted by Crippen LogP contribution is 2.44. The van der Waals surface area contributed by atoms with E-state index in [-0.39, 0.29) is 6.67 Å². The molecule has 2 aliphatic carbocycles. The number of alkyl halides is 1. The molecule has 0 nitrogen and oxygen atoms in total. The fraction of sp³-hybridized carbons (Fsp3) is 0.692. The van der Waals surface area contributed by atoms with Gasteiger partial charge in [-0.25, -0.2) is 0 Å². The average molecular weight is 371 g/mol. The van der Waals surface area contributed by atoms with Crippen LogP contribution in [0.5, 0.6) is 0 Å². The lowest BCUT2D eigenvalue weighted by molar-refractivity contribution is 0.171. The van der Waals surface area contributed by atoms with E-state index in [4.69, 9.17) is 0 Å². The SMILES string of the molecule is CCCCc1ccc([C@H]2CC[C@H]([C@H]3CC[C@H](C=CCCF)CC3)CC2)cc1. The number of rotatable bonds is 8. The van der Waals surface area contributed by atoms with Crippen molar-refractivity contribution in [2.45, 2.75) is 89.9 Å². The molecule has 2 fully saturated rings. The molecular formula is C26H39F. The van der Waals surface area contributed by atoms with Crippen LogP contribution in [-0.4, -0.2) is 6.67 Å².